The van der Waals surface area contributed by atoms with Crippen LogP contribution in [0.15, 0.2) is 24.3 Å². The molecule has 0 unspecified atom stereocenters. The minimum absolute atomic E-state index is 0.00546. The van der Waals surface area contributed by atoms with E-state index >= 15 is 0 Å². The second-order valence-corrected chi connectivity index (χ2v) is 7.24. The first-order chi connectivity index (χ1) is 15.2. The number of amides is 2. The number of benzene rings is 1. The van der Waals surface area contributed by atoms with Crippen LogP contribution in [-0.2, 0) is 19.0 Å². The number of rotatable bonds is 8. The fourth-order valence-electron chi connectivity index (χ4n) is 2.70. The zero-order chi connectivity index (χ0) is 23.8. The first kappa shape index (κ1) is 24.5. The smallest absolute Gasteiger partial charge is 0.341 e. The third-order valence-corrected chi connectivity index (χ3v) is 5.41. The summed E-state index contributed by atoms with van der Waals surface area (Å²) in [6.45, 7) is 2.60. The summed E-state index contributed by atoms with van der Waals surface area (Å²) in [4.78, 5) is 61.2. The van der Waals surface area contributed by atoms with Gasteiger partial charge >= 0.3 is 17.9 Å². The van der Waals surface area contributed by atoms with Crippen LogP contribution < -0.4 is 10.6 Å². The number of thiophene rings is 1. The molecule has 0 spiro atoms. The second-order valence-electron chi connectivity index (χ2n) is 6.22. The first-order valence-corrected chi connectivity index (χ1v) is 10.2. The fraction of sp³-hybridized carbons (Fsp3) is 0.286. The van der Waals surface area contributed by atoms with Gasteiger partial charge in [0.25, 0.3) is 11.8 Å². The van der Waals surface area contributed by atoms with E-state index in [9.17, 15) is 24.0 Å². The Bertz CT molecular complexity index is 1060. The molecule has 170 valence electrons. The molecule has 0 saturated heterocycles. The van der Waals surface area contributed by atoms with Gasteiger partial charge in [0.05, 0.1) is 35.3 Å². The van der Waals surface area contributed by atoms with Crippen LogP contribution in [0.4, 0.5) is 5.00 Å². The summed E-state index contributed by atoms with van der Waals surface area (Å²) in [6.07, 6.45) is 0. The predicted molar refractivity (Wildman–Crippen MR) is 115 cm³/mol. The molecule has 0 bridgehead atoms. The third-order valence-electron chi connectivity index (χ3n) is 4.20. The van der Waals surface area contributed by atoms with E-state index in [0.717, 1.165) is 11.3 Å². The van der Waals surface area contributed by atoms with E-state index in [1.807, 2.05) is 0 Å². The van der Waals surface area contributed by atoms with Gasteiger partial charge in [0, 0.05) is 7.05 Å². The summed E-state index contributed by atoms with van der Waals surface area (Å²) in [5.41, 5.74) is 0.334. The number of hydrogen-bond acceptors (Lipinski definition) is 9. The molecule has 10 nitrogen and oxygen atoms in total. The van der Waals surface area contributed by atoms with Gasteiger partial charge in [-0.25, -0.2) is 14.4 Å². The number of carbonyl (C=O) groups is 5. The molecule has 1 aromatic heterocycles. The Hall–Kier alpha value is -3.73. The maximum absolute atomic E-state index is 12.4. The maximum Gasteiger partial charge on any atom is 0.341 e. The van der Waals surface area contributed by atoms with Crippen LogP contribution in [0.1, 0.15) is 53.2 Å². The third kappa shape index (κ3) is 5.49. The van der Waals surface area contributed by atoms with Crippen molar-refractivity contribution in [1.29, 1.82) is 0 Å². The van der Waals surface area contributed by atoms with Gasteiger partial charge in [-0.1, -0.05) is 12.1 Å². The van der Waals surface area contributed by atoms with Crippen LogP contribution in [0.5, 0.6) is 0 Å². The van der Waals surface area contributed by atoms with Crippen molar-refractivity contribution < 1.29 is 38.2 Å². The van der Waals surface area contributed by atoms with Crippen molar-refractivity contribution in [2.24, 2.45) is 0 Å². The lowest BCUT2D eigenvalue weighted by atomic mass is 10.1. The highest BCUT2D eigenvalue weighted by Gasteiger charge is 2.27. The Kier molecular flexibility index (Phi) is 8.47. The van der Waals surface area contributed by atoms with Crippen molar-refractivity contribution in [2.75, 3.05) is 32.7 Å². The molecule has 1 aromatic carbocycles. The normalized spacial score (nSPS) is 10.1. The van der Waals surface area contributed by atoms with Crippen LogP contribution in [0, 0.1) is 6.92 Å². The maximum atomic E-state index is 12.4. The SMILES string of the molecule is CCOC(=O)c1c(NC(=O)COC(=O)c2ccccc2C(=O)OC)sc(C(=O)NC)c1C. The molecule has 0 aliphatic carbocycles. The fourth-order valence-corrected chi connectivity index (χ4v) is 3.86. The Balaban J connectivity index is 2.18. The average molecular weight is 462 g/mol. The van der Waals surface area contributed by atoms with Gasteiger partial charge in [0.15, 0.2) is 6.61 Å². The van der Waals surface area contributed by atoms with Gasteiger partial charge in [-0.3, -0.25) is 9.59 Å². The van der Waals surface area contributed by atoms with Crippen molar-refractivity contribution in [3.63, 3.8) is 0 Å². The molecule has 1 heterocycles. The molecule has 2 rings (SSSR count). The molecule has 2 aromatic rings. The molecule has 11 heteroatoms. The van der Waals surface area contributed by atoms with Gasteiger partial charge in [0.2, 0.25) is 0 Å². The molecule has 0 radical (unpaired) electrons. The molecule has 0 fully saturated rings. The number of nitrogens with one attached hydrogen (secondary N) is 2. The van der Waals surface area contributed by atoms with Crippen LogP contribution in [0.2, 0.25) is 0 Å². The van der Waals surface area contributed by atoms with E-state index < -0.39 is 36.3 Å². The summed E-state index contributed by atoms with van der Waals surface area (Å²) in [7, 11) is 2.62. The summed E-state index contributed by atoms with van der Waals surface area (Å²) in [5, 5.41) is 5.03. The van der Waals surface area contributed by atoms with E-state index in [4.69, 9.17) is 9.47 Å². The van der Waals surface area contributed by atoms with E-state index in [2.05, 4.69) is 15.4 Å². The Morgan fingerprint density at radius 1 is 0.969 bits per heavy atom. The van der Waals surface area contributed by atoms with Crippen LogP contribution in [0.25, 0.3) is 0 Å². The standard InChI is InChI=1S/C21H22N2O8S/c1-5-30-21(28)15-11(2)16(17(25)22-3)32-18(15)23-14(24)10-31-20(27)13-9-7-6-8-12(13)19(26)29-4/h6-9H,5,10H2,1-4H3,(H,22,25)(H,23,24). The van der Waals surface area contributed by atoms with Crippen LogP contribution in [-0.4, -0.2) is 57.1 Å². The summed E-state index contributed by atoms with van der Waals surface area (Å²) >= 11 is 0.895. The number of carbonyl (C=O) groups excluding carboxylic acids is 5. The first-order valence-electron chi connectivity index (χ1n) is 9.41. The van der Waals surface area contributed by atoms with Gasteiger partial charge in [-0.05, 0) is 31.5 Å². The van der Waals surface area contributed by atoms with Crippen molar-refractivity contribution in [1.82, 2.24) is 5.32 Å². The van der Waals surface area contributed by atoms with E-state index in [1.54, 1.807) is 19.9 Å². The Labute approximate surface area is 187 Å². The predicted octanol–water partition coefficient (Wildman–Crippen LogP) is 2.17. The summed E-state index contributed by atoms with van der Waals surface area (Å²) < 4.78 is 14.6. The minimum atomic E-state index is -0.903. The summed E-state index contributed by atoms with van der Waals surface area (Å²) in [6, 6.07) is 5.84. The topological polar surface area (TPSA) is 137 Å². The molecule has 0 aliphatic rings. The molecule has 0 aliphatic heterocycles. The molecule has 2 N–H and O–H groups in total. The lowest BCUT2D eigenvalue weighted by molar-refractivity contribution is -0.119. The monoisotopic (exact) mass is 462 g/mol. The van der Waals surface area contributed by atoms with Gasteiger partial charge in [-0.2, -0.15) is 0 Å². The van der Waals surface area contributed by atoms with Crippen molar-refractivity contribution in [2.45, 2.75) is 13.8 Å². The van der Waals surface area contributed by atoms with E-state index in [-0.39, 0.29) is 33.2 Å². The Morgan fingerprint density at radius 3 is 2.16 bits per heavy atom. The second kappa shape index (κ2) is 11.0. The number of anilines is 1. The van der Waals surface area contributed by atoms with Crippen LogP contribution >= 0.6 is 11.3 Å². The molecule has 32 heavy (non-hydrogen) atoms. The highest BCUT2D eigenvalue weighted by molar-refractivity contribution is 7.18. The van der Waals surface area contributed by atoms with Crippen molar-refractivity contribution in [3.8, 4) is 0 Å². The zero-order valence-corrected chi connectivity index (χ0v) is 18.7. The number of esters is 3. The van der Waals surface area contributed by atoms with Gasteiger partial charge in [-0.15, -0.1) is 11.3 Å². The van der Waals surface area contributed by atoms with Crippen molar-refractivity contribution in [3.05, 3.63) is 51.4 Å². The molecular formula is C21H22N2O8S. The average Bonchev–Trinajstić information content (AvgIpc) is 3.12. The molecule has 0 atom stereocenters. The van der Waals surface area contributed by atoms with E-state index in [0.29, 0.717) is 5.56 Å². The molecular weight excluding hydrogens is 440 g/mol. The van der Waals surface area contributed by atoms with Crippen LogP contribution in [0.3, 0.4) is 0 Å². The highest BCUT2D eigenvalue weighted by Crippen LogP contribution is 2.33. The van der Waals surface area contributed by atoms with Crippen molar-refractivity contribution >= 4 is 46.1 Å². The Morgan fingerprint density at radius 2 is 1.59 bits per heavy atom. The molecule has 0 saturated carbocycles. The number of methoxy groups -OCH3 is 1. The number of ether oxygens (including phenoxy) is 3. The highest BCUT2D eigenvalue weighted by atomic mass is 32.1. The van der Waals surface area contributed by atoms with Gasteiger partial charge in [0.1, 0.15) is 5.00 Å². The number of hydrogen-bond donors (Lipinski definition) is 2. The largest absolute Gasteiger partial charge is 0.465 e. The summed E-state index contributed by atoms with van der Waals surface area (Å²) in [5.74, 6) is -3.50. The molecule has 2 amide bonds. The van der Waals surface area contributed by atoms with E-state index in [1.165, 1.54) is 32.4 Å². The van der Waals surface area contributed by atoms with Gasteiger partial charge < -0.3 is 24.8 Å². The quantitative estimate of drug-likeness (QED) is 0.450. The lowest BCUT2D eigenvalue weighted by Gasteiger charge is -2.09. The zero-order valence-electron chi connectivity index (χ0n) is 17.9. The minimum Gasteiger partial charge on any atom is -0.465 e. The lowest BCUT2D eigenvalue weighted by Crippen LogP contribution is -2.22.